The van der Waals surface area contributed by atoms with Gasteiger partial charge in [0.15, 0.2) is 6.54 Å². The summed E-state index contributed by atoms with van der Waals surface area (Å²) in [4.78, 5) is 32.4. The molecule has 3 aliphatic heterocycles. The monoisotopic (exact) mass is 403 g/mol. The van der Waals surface area contributed by atoms with Crippen LogP contribution in [0.25, 0.3) is 10.9 Å². The number of quaternary nitrogens is 1. The van der Waals surface area contributed by atoms with Crippen LogP contribution in [0.3, 0.4) is 0 Å². The maximum absolute atomic E-state index is 13.2. The molecule has 2 aromatic heterocycles. The van der Waals surface area contributed by atoms with E-state index in [1.54, 1.807) is 6.07 Å². The molecular weight excluding hydrogens is 376 g/mol. The molecule has 154 valence electrons. The van der Waals surface area contributed by atoms with Crippen molar-refractivity contribution in [1.82, 2.24) is 14.5 Å². The minimum absolute atomic E-state index is 0.115. The molecule has 0 saturated carbocycles. The average molecular weight is 404 g/mol. The lowest BCUT2D eigenvalue weighted by Crippen LogP contribution is -3.15. The third kappa shape index (κ3) is 2.89. The number of likely N-dealkylation sites (tertiary alicyclic amines) is 1. The maximum Gasteiger partial charge on any atom is 0.278 e. The highest BCUT2D eigenvalue weighted by Gasteiger charge is 2.38. The first kappa shape index (κ1) is 18.0. The molecule has 6 rings (SSSR count). The van der Waals surface area contributed by atoms with Crippen molar-refractivity contribution in [3.05, 3.63) is 69.8 Å². The number of nitrogens with one attached hydrogen (secondary N) is 2. The van der Waals surface area contributed by atoms with Crippen LogP contribution in [0.4, 0.5) is 0 Å². The number of carbonyl (C=O) groups excluding carboxylic acids is 1. The van der Waals surface area contributed by atoms with E-state index >= 15 is 0 Å². The fraction of sp³-hybridized carbons (Fsp3) is 0.417. The minimum atomic E-state index is 0.115. The van der Waals surface area contributed by atoms with Crippen LogP contribution in [0.5, 0.6) is 0 Å². The summed E-state index contributed by atoms with van der Waals surface area (Å²) in [7, 11) is 0. The Bertz CT molecular complexity index is 1190. The predicted octanol–water partition coefficient (Wildman–Crippen LogP) is 0.917. The van der Waals surface area contributed by atoms with Crippen LogP contribution in [-0.4, -0.2) is 46.5 Å². The number of nitrogens with zero attached hydrogens (tertiary/aromatic N) is 2. The van der Waals surface area contributed by atoms with Crippen molar-refractivity contribution in [1.29, 1.82) is 0 Å². The lowest BCUT2D eigenvalue weighted by molar-refractivity contribution is -0.903. The first-order valence-corrected chi connectivity index (χ1v) is 11.1. The van der Waals surface area contributed by atoms with Crippen LogP contribution in [0.1, 0.15) is 29.3 Å². The van der Waals surface area contributed by atoms with E-state index in [2.05, 4.69) is 35.3 Å². The number of pyridine rings is 1. The lowest BCUT2D eigenvalue weighted by atomic mass is 9.83. The molecule has 5 heterocycles. The first-order valence-electron chi connectivity index (χ1n) is 11.1. The van der Waals surface area contributed by atoms with Gasteiger partial charge >= 0.3 is 0 Å². The Morgan fingerprint density at radius 2 is 2.03 bits per heavy atom. The molecular formula is C24H27N4O2+. The van der Waals surface area contributed by atoms with Crippen molar-refractivity contribution >= 4 is 16.8 Å². The quantitative estimate of drug-likeness (QED) is 0.668. The Morgan fingerprint density at radius 1 is 1.13 bits per heavy atom. The molecule has 1 aromatic carbocycles. The molecule has 3 aliphatic rings. The number of benzene rings is 1. The Labute approximate surface area is 175 Å². The van der Waals surface area contributed by atoms with Crippen LogP contribution >= 0.6 is 0 Å². The number of piperidine rings is 1. The minimum Gasteiger partial charge on any atom is -0.358 e. The topological polar surface area (TPSA) is 62.5 Å². The number of H-pyrrole nitrogens is 1. The summed E-state index contributed by atoms with van der Waals surface area (Å²) < 4.78 is 1.96. The fourth-order valence-corrected chi connectivity index (χ4v) is 5.97. The maximum atomic E-state index is 13.2. The van der Waals surface area contributed by atoms with Crippen LogP contribution in [0, 0.1) is 5.92 Å². The van der Waals surface area contributed by atoms with E-state index in [0.29, 0.717) is 24.9 Å². The number of hydrogen-bond acceptors (Lipinski definition) is 2. The Morgan fingerprint density at radius 3 is 2.97 bits per heavy atom. The van der Waals surface area contributed by atoms with Gasteiger partial charge in [0.2, 0.25) is 0 Å². The summed E-state index contributed by atoms with van der Waals surface area (Å²) in [6.07, 6.45) is 2.04. The molecule has 1 saturated heterocycles. The molecule has 3 aromatic rings. The summed E-state index contributed by atoms with van der Waals surface area (Å²) in [5.41, 5.74) is 5.00. The first-order chi connectivity index (χ1) is 14.7. The van der Waals surface area contributed by atoms with Gasteiger partial charge in [-0.2, -0.15) is 0 Å². The number of rotatable bonds is 2. The second kappa shape index (κ2) is 6.84. The smallest absolute Gasteiger partial charge is 0.278 e. The molecule has 2 bridgehead atoms. The van der Waals surface area contributed by atoms with Gasteiger partial charge in [0.25, 0.3) is 11.5 Å². The third-order valence-electron chi connectivity index (χ3n) is 7.31. The molecule has 1 amide bonds. The molecule has 0 radical (unpaired) electrons. The van der Waals surface area contributed by atoms with E-state index in [4.69, 9.17) is 0 Å². The third-order valence-corrected chi connectivity index (χ3v) is 7.31. The summed E-state index contributed by atoms with van der Waals surface area (Å²) in [6, 6.07) is 14.0. The average Bonchev–Trinajstić information content (AvgIpc) is 3.12. The second-order valence-corrected chi connectivity index (χ2v) is 9.23. The van der Waals surface area contributed by atoms with Crippen LogP contribution in [0.2, 0.25) is 0 Å². The number of aromatic amines is 1. The number of para-hydroxylation sites is 1. The highest BCUT2D eigenvalue weighted by molar-refractivity contribution is 5.86. The summed E-state index contributed by atoms with van der Waals surface area (Å²) in [5.74, 6) is 1.13. The largest absolute Gasteiger partial charge is 0.358 e. The summed E-state index contributed by atoms with van der Waals surface area (Å²) >= 11 is 0. The summed E-state index contributed by atoms with van der Waals surface area (Å²) in [5, 5.41) is 1.24. The predicted molar refractivity (Wildman–Crippen MR) is 115 cm³/mol. The molecule has 30 heavy (non-hydrogen) atoms. The Balaban J connectivity index is 1.18. The van der Waals surface area contributed by atoms with Crippen molar-refractivity contribution in [2.75, 3.05) is 26.2 Å². The summed E-state index contributed by atoms with van der Waals surface area (Å²) in [6.45, 7) is 4.77. The van der Waals surface area contributed by atoms with Crippen LogP contribution in [0.15, 0.2) is 47.3 Å². The second-order valence-electron chi connectivity index (χ2n) is 9.23. The number of carbonyl (C=O) groups is 1. The number of hydrogen-bond donors (Lipinski definition) is 2. The zero-order chi connectivity index (χ0) is 20.2. The van der Waals surface area contributed by atoms with Crippen LogP contribution in [-0.2, 0) is 24.3 Å². The number of amides is 1. The van der Waals surface area contributed by atoms with E-state index < -0.39 is 0 Å². The molecule has 6 heteroatoms. The fourth-order valence-electron chi connectivity index (χ4n) is 5.97. The molecule has 1 unspecified atom stereocenters. The molecule has 0 aliphatic carbocycles. The Kier molecular flexibility index (Phi) is 4.09. The molecule has 6 nitrogen and oxygen atoms in total. The zero-order valence-electron chi connectivity index (χ0n) is 17.1. The van der Waals surface area contributed by atoms with Gasteiger partial charge in [0.1, 0.15) is 0 Å². The highest BCUT2D eigenvalue weighted by Crippen LogP contribution is 2.30. The van der Waals surface area contributed by atoms with Crippen molar-refractivity contribution in [3.8, 4) is 0 Å². The normalized spacial score (nSPS) is 25.1. The van der Waals surface area contributed by atoms with Gasteiger partial charge in [-0.3, -0.25) is 9.59 Å². The SMILES string of the molecule is O=C(C[NH+]1C[C@H]2C[C@@H](C1)c1cccc(=O)n1C2)N1CCc2[nH]c3ccccc3c2C1. The van der Waals surface area contributed by atoms with Crippen molar-refractivity contribution in [2.24, 2.45) is 5.92 Å². The van der Waals surface area contributed by atoms with E-state index in [9.17, 15) is 9.59 Å². The van der Waals surface area contributed by atoms with Gasteiger partial charge in [0, 0.05) is 71.8 Å². The lowest BCUT2D eigenvalue weighted by Gasteiger charge is -2.40. The molecule has 2 N–H and O–H groups in total. The van der Waals surface area contributed by atoms with Gasteiger partial charge in [-0.05, 0) is 18.6 Å². The van der Waals surface area contributed by atoms with Gasteiger partial charge in [-0.15, -0.1) is 0 Å². The Hall–Kier alpha value is -2.86. The van der Waals surface area contributed by atoms with Gasteiger partial charge in [-0.1, -0.05) is 24.3 Å². The van der Waals surface area contributed by atoms with Gasteiger partial charge in [0.05, 0.1) is 13.1 Å². The van der Waals surface area contributed by atoms with E-state index in [1.165, 1.54) is 27.1 Å². The number of fused-ring (bicyclic) bond motifs is 7. The van der Waals surface area contributed by atoms with Gasteiger partial charge < -0.3 is 19.4 Å². The van der Waals surface area contributed by atoms with E-state index in [1.807, 2.05) is 15.5 Å². The van der Waals surface area contributed by atoms with Gasteiger partial charge in [-0.25, -0.2) is 0 Å². The standard InChI is InChI=1S/C24H26N4O2/c29-23-7-3-6-22-17-10-16(12-28(22)23)11-26(13-17)15-24(30)27-9-8-21-19(14-27)18-4-1-2-5-20(18)25-21/h1-7,16-17,25H,8-15H2/p+1/t16-,17+/m1/s1. The number of aromatic nitrogens is 2. The van der Waals surface area contributed by atoms with E-state index in [0.717, 1.165) is 44.7 Å². The zero-order valence-corrected chi connectivity index (χ0v) is 17.1. The molecule has 0 spiro atoms. The highest BCUT2D eigenvalue weighted by atomic mass is 16.2. The van der Waals surface area contributed by atoms with Crippen molar-refractivity contribution < 1.29 is 9.69 Å². The van der Waals surface area contributed by atoms with Crippen molar-refractivity contribution in [3.63, 3.8) is 0 Å². The van der Waals surface area contributed by atoms with E-state index in [-0.39, 0.29) is 11.5 Å². The van der Waals surface area contributed by atoms with Crippen molar-refractivity contribution in [2.45, 2.75) is 31.8 Å². The molecule has 3 atom stereocenters. The molecule has 1 fully saturated rings. The van der Waals surface area contributed by atoms with Crippen LogP contribution < -0.4 is 10.5 Å².